The minimum Gasteiger partial charge on any atom is -0.319 e. The molecule has 2 aromatic rings. The molecule has 1 amide bonds. The van der Waals surface area contributed by atoms with Crippen LogP contribution in [-0.2, 0) is 11.2 Å². The number of anilines is 1. The lowest BCUT2D eigenvalue weighted by molar-refractivity contribution is -0.383. The van der Waals surface area contributed by atoms with E-state index in [-0.39, 0.29) is 34.9 Å². The summed E-state index contributed by atoms with van der Waals surface area (Å²) in [4.78, 5) is 26.9. The second-order valence-corrected chi connectivity index (χ2v) is 8.21. The van der Waals surface area contributed by atoms with Crippen LogP contribution in [0.25, 0.3) is 0 Å². The number of halogens is 1. The summed E-state index contributed by atoms with van der Waals surface area (Å²) in [5.41, 5.74) is 1.35. The quantitative estimate of drug-likeness (QED) is 0.610. The Hall–Kier alpha value is -1.96. The molecular formula is C18H18ClN3O3S. The summed E-state index contributed by atoms with van der Waals surface area (Å²) in [6.45, 7) is 1.07. The number of amides is 1. The average Bonchev–Trinajstić information content (AvgIpc) is 3.32. The summed E-state index contributed by atoms with van der Waals surface area (Å²) in [6, 6.07) is 6.73. The zero-order chi connectivity index (χ0) is 18.3. The predicted octanol–water partition coefficient (Wildman–Crippen LogP) is 4.26. The molecule has 1 atom stereocenters. The first-order valence-electron chi connectivity index (χ1n) is 8.57. The number of nitrogens with zero attached hydrogens (tertiary/aromatic N) is 2. The molecule has 26 heavy (non-hydrogen) atoms. The van der Waals surface area contributed by atoms with Crippen molar-refractivity contribution in [3.63, 3.8) is 0 Å². The summed E-state index contributed by atoms with van der Waals surface area (Å²) in [7, 11) is 0. The molecule has 8 heteroatoms. The molecule has 1 fully saturated rings. The van der Waals surface area contributed by atoms with Crippen molar-refractivity contribution in [1.29, 1.82) is 0 Å². The fraction of sp³-hybridized carbons (Fsp3) is 0.389. The Morgan fingerprint density at radius 3 is 2.92 bits per heavy atom. The van der Waals surface area contributed by atoms with Gasteiger partial charge in [-0.05, 0) is 54.3 Å². The molecule has 1 aromatic heterocycles. The van der Waals surface area contributed by atoms with Gasteiger partial charge in [0.2, 0.25) is 5.91 Å². The molecule has 4 rings (SSSR count). The molecule has 6 nitrogen and oxygen atoms in total. The molecule has 0 spiro atoms. The number of carbonyl (C=O) groups is 1. The number of thiophene rings is 1. The monoisotopic (exact) mass is 391 g/mol. The minimum atomic E-state index is -0.535. The fourth-order valence-corrected chi connectivity index (χ4v) is 4.75. The number of benzene rings is 1. The molecule has 2 heterocycles. The summed E-state index contributed by atoms with van der Waals surface area (Å²) in [5, 5.41) is 16.3. The molecule has 0 saturated heterocycles. The first-order chi connectivity index (χ1) is 12.5. The van der Waals surface area contributed by atoms with Gasteiger partial charge in [0.1, 0.15) is 5.69 Å². The van der Waals surface area contributed by atoms with E-state index in [1.165, 1.54) is 41.5 Å². The second-order valence-electron chi connectivity index (χ2n) is 6.77. The normalized spacial score (nSPS) is 19.8. The lowest BCUT2D eigenvalue weighted by atomic mass is 9.96. The Kier molecular flexibility index (Phi) is 4.69. The highest BCUT2D eigenvalue weighted by Gasteiger charge is 2.40. The van der Waals surface area contributed by atoms with Crippen LogP contribution in [-0.4, -0.2) is 28.8 Å². The van der Waals surface area contributed by atoms with E-state index in [1.54, 1.807) is 11.3 Å². The minimum absolute atomic E-state index is 0.181. The maximum atomic E-state index is 12.6. The van der Waals surface area contributed by atoms with Crippen LogP contribution in [0.15, 0.2) is 29.6 Å². The number of nitro groups is 1. The van der Waals surface area contributed by atoms with Gasteiger partial charge in [-0.2, -0.15) is 0 Å². The number of hydrogen-bond donors (Lipinski definition) is 1. The van der Waals surface area contributed by atoms with Crippen molar-refractivity contribution < 1.29 is 9.72 Å². The fourth-order valence-electron chi connectivity index (χ4n) is 3.68. The number of fused-ring (bicyclic) bond motifs is 1. The molecule has 1 saturated carbocycles. The first-order valence-corrected chi connectivity index (χ1v) is 9.83. The van der Waals surface area contributed by atoms with E-state index in [2.05, 4.69) is 21.7 Å². The zero-order valence-corrected chi connectivity index (χ0v) is 15.6. The lowest BCUT2D eigenvalue weighted by Crippen LogP contribution is -2.41. The van der Waals surface area contributed by atoms with Crippen molar-refractivity contribution in [2.45, 2.75) is 25.3 Å². The third-order valence-corrected chi connectivity index (χ3v) is 6.20. The third-order valence-electron chi connectivity index (χ3n) is 4.96. The molecule has 136 valence electrons. The van der Waals surface area contributed by atoms with Crippen molar-refractivity contribution in [2.75, 3.05) is 18.4 Å². The van der Waals surface area contributed by atoms with Gasteiger partial charge in [0.05, 0.1) is 11.5 Å². The van der Waals surface area contributed by atoms with E-state index < -0.39 is 4.92 Å². The van der Waals surface area contributed by atoms with Crippen LogP contribution in [0, 0.1) is 16.0 Å². The first kappa shape index (κ1) is 17.5. The Bertz CT molecular complexity index is 865. The maximum absolute atomic E-state index is 12.6. The summed E-state index contributed by atoms with van der Waals surface area (Å²) < 4.78 is 0. The molecule has 1 aromatic carbocycles. The molecule has 0 radical (unpaired) electrons. The van der Waals surface area contributed by atoms with Gasteiger partial charge >= 0.3 is 0 Å². The number of nitrogens with one attached hydrogen (secondary N) is 1. The summed E-state index contributed by atoms with van der Waals surface area (Å²) >= 11 is 7.62. The van der Waals surface area contributed by atoms with Crippen molar-refractivity contribution in [1.82, 2.24) is 4.90 Å². The van der Waals surface area contributed by atoms with E-state index in [0.29, 0.717) is 5.92 Å². The maximum Gasteiger partial charge on any atom is 0.294 e. The molecule has 1 aliphatic heterocycles. The van der Waals surface area contributed by atoms with Gasteiger partial charge in [-0.3, -0.25) is 19.8 Å². The molecular weight excluding hydrogens is 374 g/mol. The number of hydrogen-bond acceptors (Lipinski definition) is 5. The van der Waals surface area contributed by atoms with E-state index in [4.69, 9.17) is 11.6 Å². The smallest absolute Gasteiger partial charge is 0.294 e. The molecule has 0 unspecified atom stereocenters. The van der Waals surface area contributed by atoms with Crippen LogP contribution in [0.2, 0.25) is 5.02 Å². The SMILES string of the molecule is O=C(CN1CCc2sccc2[C@@H]1C1CC1)Nc1ccc(Cl)cc1[N+](=O)[O-]. The van der Waals surface area contributed by atoms with Gasteiger partial charge in [0.25, 0.3) is 5.69 Å². The molecule has 0 bridgehead atoms. The van der Waals surface area contributed by atoms with Gasteiger partial charge in [-0.1, -0.05) is 11.6 Å². The van der Waals surface area contributed by atoms with E-state index in [0.717, 1.165) is 13.0 Å². The molecule has 1 aliphatic carbocycles. The van der Waals surface area contributed by atoms with Crippen LogP contribution >= 0.6 is 22.9 Å². The standard InChI is InChI=1S/C18H18ClN3O3S/c19-12-3-4-14(15(9-12)22(24)25)20-17(23)10-21-7-5-16-13(6-8-26-16)18(21)11-1-2-11/h3-4,6,8-9,11,18H,1-2,5,7,10H2,(H,20,23)/t18-/m0/s1. The van der Waals surface area contributed by atoms with Crippen LogP contribution in [0.4, 0.5) is 11.4 Å². The topological polar surface area (TPSA) is 75.5 Å². The summed E-state index contributed by atoms with van der Waals surface area (Å²) in [5.74, 6) is 0.376. The largest absolute Gasteiger partial charge is 0.319 e. The van der Waals surface area contributed by atoms with Gasteiger partial charge < -0.3 is 5.32 Å². The van der Waals surface area contributed by atoms with Crippen LogP contribution in [0.5, 0.6) is 0 Å². The number of rotatable bonds is 5. The highest BCUT2D eigenvalue weighted by molar-refractivity contribution is 7.10. The molecule has 2 aliphatic rings. The van der Waals surface area contributed by atoms with Gasteiger partial charge in [0.15, 0.2) is 0 Å². The van der Waals surface area contributed by atoms with Crippen LogP contribution in [0.1, 0.15) is 29.3 Å². The van der Waals surface area contributed by atoms with Crippen LogP contribution in [0.3, 0.4) is 0 Å². The zero-order valence-electron chi connectivity index (χ0n) is 14.0. The van der Waals surface area contributed by atoms with Crippen molar-refractivity contribution >= 4 is 40.2 Å². The molecule has 1 N–H and O–H groups in total. The predicted molar refractivity (Wildman–Crippen MR) is 102 cm³/mol. The van der Waals surface area contributed by atoms with E-state index in [9.17, 15) is 14.9 Å². The Labute approximate surface area is 159 Å². The Morgan fingerprint density at radius 1 is 1.38 bits per heavy atom. The van der Waals surface area contributed by atoms with Crippen molar-refractivity contribution in [3.05, 3.63) is 55.2 Å². The van der Waals surface area contributed by atoms with E-state index in [1.807, 2.05) is 0 Å². The van der Waals surface area contributed by atoms with Gasteiger partial charge in [-0.25, -0.2) is 0 Å². The van der Waals surface area contributed by atoms with E-state index >= 15 is 0 Å². The van der Waals surface area contributed by atoms with Crippen LogP contribution < -0.4 is 5.32 Å². The Balaban J connectivity index is 1.49. The van der Waals surface area contributed by atoms with Crippen molar-refractivity contribution in [3.8, 4) is 0 Å². The number of carbonyl (C=O) groups excluding carboxylic acids is 1. The lowest BCUT2D eigenvalue weighted by Gasteiger charge is -2.35. The summed E-state index contributed by atoms with van der Waals surface area (Å²) in [6.07, 6.45) is 3.34. The van der Waals surface area contributed by atoms with Crippen molar-refractivity contribution in [2.24, 2.45) is 5.92 Å². The Morgan fingerprint density at radius 2 is 2.19 bits per heavy atom. The van der Waals surface area contributed by atoms with Gasteiger partial charge in [-0.15, -0.1) is 11.3 Å². The highest BCUT2D eigenvalue weighted by Crippen LogP contribution is 2.48. The third kappa shape index (κ3) is 3.47. The highest BCUT2D eigenvalue weighted by atomic mass is 35.5. The van der Waals surface area contributed by atoms with Gasteiger partial charge in [0, 0.05) is 28.6 Å². The average molecular weight is 392 g/mol. The number of nitro benzene ring substituents is 1. The second kappa shape index (κ2) is 6.98.